The number of likely N-dealkylation sites (tertiary alicyclic amines) is 1. The molecular weight excluding hydrogens is 250 g/mol. The number of nitrogens with zero attached hydrogens (tertiary/aromatic N) is 1. The third kappa shape index (κ3) is 4.89. The van der Waals surface area contributed by atoms with Crippen LogP contribution in [0.3, 0.4) is 0 Å². The molecule has 0 radical (unpaired) electrons. The highest BCUT2D eigenvalue weighted by Crippen LogP contribution is 2.26. The molecule has 3 heteroatoms. The molecule has 1 fully saturated rings. The van der Waals surface area contributed by atoms with Gasteiger partial charge >= 0.3 is 0 Å². The summed E-state index contributed by atoms with van der Waals surface area (Å²) in [7, 11) is 0. The Morgan fingerprint density at radius 2 is 2.00 bits per heavy atom. The first-order valence-electron chi connectivity index (χ1n) is 7.53. The Kier molecular flexibility index (Phi) is 5.19. The van der Waals surface area contributed by atoms with Crippen molar-refractivity contribution in [1.29, 1.82) is 0 Å². The van der Waals surface area contributed by atoms with Gasteiger partial charge in [0.25, 0.3) is 0 Å². The summed E-state index contributed by atoms with van der Waals surface area (Å²) in [5.74, 6) is 0.604. The fourth-order valence-corrected chi connectivity index (χ4v) is 2.69. The quantitative estimate of drug-likeness (QED) is 0.898. The first-order valence-corrected chi connectivity index (χ1v) is 7.53. The van der Waals surface area contributed by atoms with Crippen LogP contribution < -0.4 is 0 Å². The van der Waals surface area contributed by atoms with E-state index < -0.39 is 6.10 Å². The van der Waals surface area contributed by atoms with Crippen molar-refractivity contribution in [1.82, 2.24) is 4.90 Å². The molecule has 2 rings (SSSR count). The molecule has 1 aliphatic rings. The molecule has 2 unspecified atom stereocenters. The SMILES string of the molecule is CC(C)(C)OCC(O)CN1CCC(c2ccccc2)C1. The van der Waals surface area contributed by atoms with Gasteiger partial charge in [-0.15, -0.1) is 0 Å². The monoisotopic (exact) mass is 277 g/mol. The topological polar surface area (TPSA) is 32.7 Å². The maximum atomic E-state index is 10.1. The highest BCUT2D eigenvalue weighted by molar-refractivity contribution is 5.20. The lowest BCUT2D eigenvalue weighted by Gasteiger charge is -2.24. The number of hydrogen-bond donors (Lipinski definition) is 1. The molecule has 0 aliphatic carbocycles. The molecule has 1 aromatic rings. The lowest BCUT2D eigenvalue weighted by molar-refractivity contribution is -0.0548. The first kappa shape index (κ1) is 15.5. The Hall–Kier alpha value is -0.900. The van der Waals surface area contributed by atoms with E-state index in [0.29, 0.717) is 19.1 Å². The molecule has 0 bridgehead atoms. The molecule has 0 aromatic heterocycles. The number of aliphatic hydroxyl groups is 1. The summed E-state index contributed by atoms with van der Waals surface area (Å²) in [6.07, 6.45) is 0.778. The Labute approximate surface area is 122 Å². The number of ether oxygens (including phenoxy) is 1. The summed E-state index contributed by atoms with van der Waals surface area (Å²) in [5.41, 5.74) is 1.23. The normalized spacial score (nSPS) is 22.1. The van der Waals surface area contributed by atoms with E-state index >= 15 is 0 Å². The molecule has 3 nitrogen and oxygen atoms in total. The van der Waals surface area contributed by atoms with Crippen LogP contribution in [-0.2, 0) is 4.74 Å². The van der Waals surface area contributed by atoms with E-state index in [1.54, 1.807) is 0 Å². The average Bonchev–Trinajstić information content (AvgIpc) is 2.85. The Balaban J connectivity index is 1.76. The Morgan fingerprint density at radius 1 is 1.30 bits per heavy atom. The largest absolute Gasteiger partial charge is 0.389 e. The Bertz CT molecular complexity index is 399. The minimum absolute atomic E-state index is 0.182. The van der Waals surface area contributed by atoms with Gasteiger partial charge in [-0.3, -0.25) is 0 Å². The average molecular weight is 277 g/mol. The fraction of sp³-hybridized carbons (Fsp3) is 0.647. The summed E-state index contributed by atoms with van der Waals surface area (Å²) >= 11 is 0. The molecule has 1 saturated heterocycles. The van der Waals surface area contributed by atoms with E-state index in [0.717, 1.165) is 13.1 Å². The zero-order valence-corrected chi connectivity index (χ0v) is 12.9. The van der Waals surface area contributed by atoms with Gasteiger partial charge in [0.2, 0.25) is 0 Å². The minimum atomic E-state index is -0.399. The summed E-state index contributed by atoms with van der Waals surface area (Å²) in [6.45, 7) is 9.27. The summed E-state index contributed by atoms with van der Waals surface area (Å²) in [5, 5.41) is 10.1. The summed E-state index contributed by atoms with van der Waals surface area (Å²) in [4.78, 5) is 2.34. The predicted octanol–water partition coefficient (Wildman–Crippen LogP) is 2.65. The van der Waals surface area contributed by atoms with Crippen molar-refractivity contribution >= 4 is 0 Å². The van der Waals surface area contributed by atoms with E-state index in [4.69, 9.17) is 4.74 Å². The smallest absolute Gasteiger partial charge is 0.0900 e. The number of aliphatic hydroxyl groups excluding tert-OH is 1. The van der Waals surface area contributed by atoms with Gasteiger partial charge in [0, 0.05) is 13.1 Å². The van der Waals surface area contributed by atoms with E-state index in [2.05, 4.69) is 35.2 Å². The number of benzene rings is 1. The third-order valence-corrected chi connectivity index (χ3v) is 3.72. The zero-order chi connectivity index (χ0) is 14.6. The summed E-state index contributed by atoms with van der Waals surface area (Å²) in [6, 6.07) is 10.7. The van der Waals surface area contributed by atoms with Gasteiger partial charge in [-0.25, -0.2) is 0 Å². The predicted molar refractivity (Wildman–Crippen MR) is 82.0 cm³/mol. The second-order valence-corrected chi connectivity index (χ2v) is 6.73. The molecule has 20 heavy (non-hydrogen) atoms. The van der Waals surface area contributed by atoms with E-state index in [1.807, 2.05) is 20.8 Å². The second kappa shape index (κ2) is 6.70. The maximum absolute atomic E-state index is 10.1. The van der Waals surface area contributed by atoms with Crippen LogP contribution in [0.4, 0.5) is 0 Å². The molecule has 0 amide bonds. The van der Waals surface area contributed by atoms with Crippen molar-refractivity contribution in [2.24, 2.45) is 0 Å². The summed E-state index contributed by atoms with van der Waals surface area (Å²) < 4.78 is 5.64. The fourth-order valence-electron chi connectivity index (χ4n) is 2.69. The van der Waals surface area contributed by atoms with E-state index in [9.17, 15) is 5.11 Å². The lowest BCUT2D eigenvalue weighted by atomic mass is 9.99. The first-order chi connectivity index (χ1) is 9.44. The van der Waals surface area contributed by atoms with Crippen molar-refractivity contribution < 1.29 is 9.84 Å². The van der Waals surface area contributed by atoms with Gasteiger partial charge in [-0.05, 0) is 45.2 Å². The molecule has 0 spiro atoms. The van der Waals surface area contributed by atoms with Crippen LogP contribution in [0, 0.1) is 0 Å². The number of rotatable bonds is 5. The maximum Gasteiger partial charge on any atom is 0.0900 e. The van der Waals surface area contributed by atoms with Crippen molar-refractivity contribution in [2.75, 3.05) is 26.2 Å². The molecule has 1 N–H and O–H groups in total. The van der Waals surface area contributed by atoms with Gasteiger partial charge in [0.1, 0.15) is 0 Å². The molecule has 1 aromatic carbocycles. The minimum Gasteiger partial charge on any atom is -0.389 e. The molecule has 2 atom stereocenters. The highest BCUT2D eigenvalue weighted by Gasteiger charge is 2.25. The standard InChI is InChI=1S/C17H27NO2/c1-17(2,3)20-13-16(19)12-18-10-9-15(11-18)14-7-5-4-6-8-14/h4-8,15-16,19H,9-13H2,1-3H3. The van der Waals surface area contributed by atoms with E-state index in [1.165, 1.54) is 12.0 Å². The van der Waals surface area contributed by atoms with E-state index in [-0.39, 0.29) is 5.60 Å². The molecular formula is C17H27NO2. The van der Waals surface area contributed by atoms with Gasteiger partial charge < -0.3 is 14.7 Å². The Morgan fingerprint density at radius 3 is 2.65 bits per heavy atom. The molecule has 1 heterocycles. The number of β-amino-alcohol motifs (C(OH)–C–C–N with tert-alkyl or cyclic N) is 1. The van der Waals surface area contributed by atoms with Crippen LogP contribution in [0.1, 0.15) is 38.7 Å². The van der Waals surface area contributed by atoms with Gasteiger partial charge in [0.05, 0.1) is 18.3 Å². The van der Waals surface area contributed by atoms with Crippen molar-refractivity contribution in [2.45, 2.75) is 44.8 Å². The van der Waals surface area contributed by atoms with Gasteiger partial charge in [-0.2, -0.15) is 0 Å². The van der Waals surface area contributed by atoms with Crippen LogP contribution in [0.5, 0.6) is 0 Å². The van der Waals surface area contributed by atoms with Crippen LogP contribution in [0.15, 0.2) is 30.3 Å². The van der Waals surface area contributed by atoms with Gasteiger partial charge in [0.15, 0.2) is 0 Å². The van der Waals surface area contributed by atoms with Crippen LogP contribution in [-0.4, -0.2) is 48.0 Å². The lowest BCUT2D eigenvalue weighted by Crippen LogP contribution is -2.35. The third-order valence-electron chi connectivity index (χ3n) is 3.72. The molecule has 112 valence electrons. The number of hydrogen-bond acceptors (Lipinski definition) is 3. The van der Waals surface area contributed by atoms with Crippen LogP contribution in [0.25, 0.3) is 0 Å². The second-order valence-electron chi connectivity index (χ2n) is 6.73. The van der Waals surface area contributed by atoms with Crippen molar-refractivity contribution in [3.8, 4) is 0 Å². The van der Waals surface area contributed by atoms with Crippen molar-refractivity contribution in [3.63, 3.8) is 0 Å². The zero-order valence-electron chi connectivity index (χ0n) is 12.9. The van der Waals surface area contributed by atoms with Crippen LogP contribution >= 0.6 is 0 Å². The van der Waals surface area contributed by atoms with Crippen LogP contribution in [0.2, 0.25) is 0 Å². The molecule has 1 aliphatic heterocycles. The van der Waals surface area contributed by atoms with Crippen molar-refractivity contribution in [3.05, 3.63) is 35.9 Å². The highest BCUT2D eigenvalue weighted by atomic mass is 16.5. The molecule has 0 saturated carbocycles. The van der Waals surface area contributed by atoms with Gasteiger partial charge in [-0.1, -0.05) is 30.3 Å².